The molecule has 1 aromatic heterocycles. The lowest BCUT2D eigenvalue weighted by atomic mass is 9.88. The van der Waals surface area contributed by atoms with E-state index in [-0.39, 0.29) is 5.92 Å². The first-order chi connectivity index (χ1) is 9.50. The largest absolute Gasteiger partial charge is 0.481 e. The first-order valence-electron chi connectivity index (χ1n) is 6.51. The van der Waals surface area contributed by atoms with E-state index in [0.717, 1.165) is 5.69 Å². The second-order valence-corrected chi connectivity index (χ2v) is 5.11. The lowest BCUT2D eigenvalue weighted by Crippen LogP contribution is -2.26. The number of benzene rings is 1. The van der Waals surface area contributed by atoms with E-state index >= 15 is 0 Å². The lowest BCUT2D eigenvalue weighted by Gasteiger charge is -2.21. The topological polar surface area (TPSA) is 75.3 Å². The Hall–Kier alpha value is -2.14. The van der Waals surface area contributed by atoms with Crippen molar-refractivity contribution in [2.75, 3.05) is 0 Å². The number of carboxylic acid groups (broad SMARTS) is 1. The molecule has 2 atom stereocenters. The summed E-state index contributed by atoms with van der Waals surface area (Å²) in [5, 5.41) is 23.6. The molecule has 20 heavy (non-hydrogen) atoms. The third kappa shape index (κ3) is 2.88. The molecule has 2 N–H and O–H groups in total. The summed E-state index contributed by atoms with van der Waals surface area (Å²) in [6, 6.07) is 9.46. The van der Waals surface area contributed by atoms with Crippen LogP contribution in [0.1, 0.15) is 25.5 Å². The van der Waals surface area contributed by atoms with Crippen molar-refractivity contribution >= 4 is 5.97 Å². The van der Waals surface area contributed by atoms with Crippen molar-refractivity contribution in [3.05, 3.63) is 48.3 Å². The molecule has 0 aliphatic carbocycles. The van der Waals surface area contributed by atoms with Crippen molar-refractivity contribution in [3.8, 4) is 5.69 Å². The highest BCUT2D eigenvalue weighted by Crippen LogP contribution is 2.28. The number of hydrogen-bond acceptors (Lipinski definition) is 3. The summed E-state index contributed by atoms with van der Waals surface area (Å²) in [6.07, 6.45) is 2.11. The van der Waals surface area contributed by atoms with Crippen molar-refractivity contribution in [2.45, 2.75) is 20.0 Å². The van der Waals surface area contributed by atoms with Crippen molar-refractivity contribution in [1.29, 1.82) is 0 Å². The number of aliphatic carboxylic acids is 1. The van der Waals surface area contributed by atoms with Gasteiger partial charge in [0, 0.05) is 11.8 Å². The van der Waals surface area contributed by atoms with E-state index < -0.39 is 18.0 Å². The smallest absolute Gasteiger partial charge is 0.309 e. The Morgan fingerprint density at radius 3 is 2.45 bits per heavy atom. The van der Waals surface area contributed by atoms with Crippen molar-refractivity contribution in [1.82, 2.24) is 9.78 Å². The van der Waals surface area contributed by atoms with E-state index in [9.17, 15) is 15.0 Å². The molecule has 5 nitrogen and oxygen atoms in total. The third-order valence-electron chi connectivity index (χ3n) is 3.31. The van der Waals surface area contributed by atoms with Crippen LogP contribution in [-0.4, -0.2) is 26.0 Å². The van der Waals surface area contributed by atoms with Gasteiger partial charge in [0.2, 0.25) is 0 Å². The second kappa shape index (κ2) is 5.88. The molecule has 2 unspecified atom stereocenters. The zero-order chi connectivity index (χ0) is 14.7. The minimum absolute atomic E-state index is 0.164. The maximum absolute atomic E-state index is 11.2. The Balaban J connectivity index is 2.26. The summed E-state index contributed by atoms with van der Waals surface area (Å²) in [5.41, 5.74) is 1.37. The summed E-state index contributed by atoms with van der Waals surface area (Å²) in [7, 11) is 0. The fraction of sp³-hybridized carbons (Fsp3) is 0.333. The zero-order valence-electron chi connectivity index (χ0n) is 11.5. The summed E-state index contributed by atoms with van der Waals surface area (Å²) >= 11 is 0. The molecule has 0 fully saturated rings. The molecule has 5 heteroatoms. The van der Waals surface area contributed by atoms with Crippen LogP contribution in [0.25, 0.3) is 5.69 Å². The number of carboxylic acids is 1. The summed E-state index contributed by atoms with van der Waals surface area (Å²) in [5.74, 6) is -2.01. The van der Waals surface area contributed by atoms with Gasteiger partial charge in [0.05, 0.1) is 23.9 Å². The van der Waals surface area contributed by atoms with Crippen LogP contribution in [0.2, 0.25) is 0 Å². The molecule has 0 spiro atoms. The molecule has 1 aromatic carbocycles. The van der Waals surface area contributed by atoms with Crippen molar-refractivity contribution in [2.24, 2.45) is 11.8 Å². The van der Waals surface area contributed by atoms with Crippen LogP contribution in [-0.2, 0) is 4.79 Å². The normalized spacial score (nSPS) is 14.2. The highest BCUT2D eigenvalue weighted by molar-refractivity contribution is 5.71. The van der Waals surface area contributed by atoms with Gasteiger partial charge in [0.1, 0.15) is 0 Å². The number of hydrogen-bond donors (Lipinski definition) is 2. The molecule has 0 amide bonds. The van der Waals surface area contributed by atoms with Crippen LogP contribution in [0.15, 0.2) is 42.7 Å². The number of aliphatic hydroxyl groups excluding tert-OH is 1. The Morgan fingerprint density at radius 2 is 1.90 bits per heavy atom. The molecular formula is C15H18N2O3. The molecule has 0 saturated carbocycles. The fourth-order valence-corrected chi connectivity index (χ4v) is 2.20. The van der Waals surface area contributed by atoms with E-state index in [1.807, 2.05) is 30.3 Å². The van der Waals surface area contributed by atoms with E-state index in [0.29, 0.717) is 5.56 Å². The minimum atomic E-state index is -1.06. The highest BCUT2D eigenvalue weighted by atomic mass is 16.4. The van der Waals surface area contributed by atoms with Crippen LogP contribution >= 0.6 is 0 Å². The summed E-state index contributed by atoms with van der Waals surface area (Å²) < 4.78 is 1.62. The predicted octanol–water partition coefficient (Wildman–Crippen LogP) is 2.26. The second-order valence-electron chi connectivity index (χ2n) is 5.11. The molecule has 0 bridgehead atoms. The standard InChI is InChI=1S/C15H18N2O3/c1-10(2)13(15(19)20)14(18)11-8-16-17(9-11)12-6-4-3-5-7-12/h3-10,13-14,18H,1-2H3,(H,19,20). The monoisotopic (exact) mass is 274 g/mol. The van der Waals surface area contributed by atoms with Gasteiger partial charge in [-0.15, -0.1) is 0 Å². The highest BCUT2D eigenvalue weighted by Gasteiger charge is 2.31. The van der Waals surface area contributed by atoms with Crippen molar-refractivity contribution in [3.63, 3.8) is 0 Å². The van der Waals surface area contributed by atoms with Crippen LogP contribution in [0.3, 0.4) is 0 Å². The molecule has 0 aliphatic rings. The number of nitrogens with zero attached hydrogens (tertiary/aromatic N) is 2. The van der Waals surface area contributed by atoms with E-state index in [1.165, 1.54) is 6.20 Å². The van der Waals surface area contributed by atoms with Crippen LogP contribution in [0.4, 0.5) is 0 Å². The number of para-hydroxylation sites is 1. The van der Waals surface area contributed by atoms with E-state index in [1.54, 1.807) is 24.7 Å². The fourth-order valence-electron chi connectivity index (χ4n) is 2.20. The van der Waals surface area contributed by atoms with Gasteiger partial charge in [-0.2, -0.15) is 5.10 Å². The van der Waals surface area contributed by atoms with Gasteiger partial charge in [-0.05, 0) is 18.1 Å². The Bertz CT molecular complexity index is 578. The quantitative estimate of drug-likeness (QED) is 0.877. The first kappa shape index (κ1) is 14.3. The summed E-state index contributed by atoms with van der Waals surface area (Å²) in [4.78, 5) is 11.2. The van der Waals surface area contributed by atoms with Gasteiger partial charge < -0.3 is 10.2 Å². The van der Waals surface area contributed by atoms with Gasteiger partial charge >= 0.3 is 5.97 Å². The minimum Gasteiger partial charge on any atom is -0.481 e. The zero-order valence-corrected chi connectivity index (χ0v) is 11.5. The van der Waals surface area contributed by atoms with Gasteiger partial charge in [-0.3, -0.25) is 4.79 Å². The van der Waals surface area contributed by atoms with E-state index in [4.69, 9.17) is 0 Å². The number of aromatic nitrogens is 2. The first-order valence-corrected chi connectivity index (χ1v) is 6.51. The average Bonchev–Trinajstić information content (AvgIpc) is 2.88. The number of carbonyl (C=O) groups is 1. The number of rotatable bonds is 5. The molecule has 2 rings (SSSR count). The average molecular weight is 274 g/mol. The molecule has 0 aliphatic heterocycles. The van der Waals surface area contributed by atoms with Crippen LogP contribution in [0, 0.1) is 11.8 Å². The summed E-state index contributed by atoms with van der Waals surface area (Å²) in [6.45, 7) is 3.56. The number of aliphatic hydroxyl groups is 1. The van der Waals surface area contributed by atoms with Gasteiger partial charge in [0.15, 0.2) is 0 Å². The van der Waals surface area contributed by atoms with Crippen LogP contribution in [0.5, 0.6) is 0 Å². The lowest BCUT2D eigenvalue weighted by molar-refractivity contribution is -0.148. The molecular weight excluding hydrogens is 256 g/mol. The Morgan fingerprint density at radius 1 is 1.25 bits per heavy atom. The third-order valence-corrected chi connectivity index (χ3v) is 3.31. The van der Waals surface area contributed by atoms with Gasteiger partial charge in [-0.25, -0.2) is 4.68 Å². The Labute approximate surface area is 117 Å². The molecule has 106 valence electrons. The van der Waals surface area contributed by atoms with E-state index in [2.05, 4.69) is 5.10 Å². The SMILES string of the molecule is CC(C)C(C(=O)O)C(O)c1cnn(-c2ccccc2)c1. The molecule has 0 saturated heterocycles. The van der Waals surface area contributed by atoms with Crippen LogP contribution < -0.4 is 0 Å². The Kier molecular flexibility index (Phi) is 4.20. The van der Waals surface area contributed by atoms with Gasteiger partial charge in [0.25, 0.3) is 0 Å². The molecule has 0 radical (unpaired) electrons. The maximum atomic E-state index is 11.2. The maximum Gasteiger partial charge on any atom is 0.309 e. The van der Waals surface area contributed by atoms with Gasteiger partial charge in [-0.1, -0.05) is 32.0 Å². The molecule has 2 aromatic rings. The predicted molar refractivity (Wildman–Crippen MR) is 74.5 cm³/mol. The molecule has 1 heterocycles. The van der Waals surface area contributed by atoms with Crippen molar-refractivity contribution < 1.29 is 15.0 Å².